The Balaban J connectivity index is 2.06. The van der Waals surface area contributed by atoms with Crippen LogP contribution in [0.5, 0.6) is 0 Å². The predicted octanol–water partition coefficient (Wildman–Crippen LogP) is 0.983. The highest BCUT2D eigenvalue weighted by atomic mass is 19.1. The van der Waals surface area contributed by atoms with Crippen LogP contribution in [-0.4, -0.2) is 18.1 Å². The molecule has 1 aromatic rings. The van der Waals surface area contributed by atoms with Crippen molar-refractivity contribution in [3.63, 3.8) is 0 Å². The largest absolute Gasteiger partial charge is 0.316 e. The van der Waals surface area contributed by atoms with E-state index in [9.17, 15) is 4.39 Å². The van der Waals surface area contributed by atoms with Crippen molar-refractivity contribution in [1.29, 1.82) is 0 Å². The second kappa shape index (κ2) is 3.19. The van der Waals surface area contributed by atoms with Gasteiger partial charge in [-0.1, -0.05) is 6.07 Å². The van der Waals surface area contributed by atoms with Crippen molar-refractivity contribution in [2.75, 3.05) is 13.1 Å². The Kier molecular flexibility index (Phi) is 2.04. The molecule has 0 radical (unpaired) electrons. The average molecular weight is 166 g/mol. The van der Waals surface area contributed by atoms with Crippen molar-refractivity contribution < 1.29 is 4.39 Å². The summed E-state index contributed by atoms with van der Waals surface area (Å²) in [5, 5.41) is 3.16. The Hall–Kier alpha value is -0.960. The van der Waals surface area contributed by atoms with Crippen LogP contribution in [0.3, 0.4) is 0 Å². The molecular weight excluding hydrogens is 155 g/mol. The van der Waals surface area contributed by atoms with Gasteiger partial charge < -0.3 is 5.32 Å². The number of nitrogens with one attached hydrogen (secondary N) is 1. The van der Waals surface area contributed by atoms with Gasteiger partial charge in [-0.3, -0.25) is 0 Å². The van der Waals surface area contributed by atoms with Gasteiger partial charge in [0.05, 0.1) is 0 Å². The summed E-state index contributed by atoms with van der Waals surface area (Å²) in [5.74, 6) is 0.285. The van der Waals surface area contributed by atoms with Gasteiger partial charge in [0.25, 0.3) is 0 Å². The molecule has 0 aliphatic carbocycles. The molecule has 0 atom stereocenters. The van der Waals surface area contributed by atoms with E-state index in [1.807, 2.05) is 0 Å². The standard InChI is InChI=1S/C9H11FN2/c10-9-8(2-1-3-12-9)4-7-5-11-6-7/h1-3,7,11H,4-6H2. The Morgan fingerprint density at radius 2 is 2.42 bits per heavy atom. The van der Waals surface area contributed by atoms with Crippen molar-refractivity contribution in [3.8, 4) is 0 Å². The highest BCUT2D eigenvalue weighted by molar-refractivity contribution is 5.12. The maximum absolute atomic E-state index is 13.0. The van der Waals surface area contributed by atoms with Gasteiger partial charge in [0.1, 0.15) is 0 Å². The predicted molar refractivity (Wildman–Crippen MR) is 44.3 cm³/mol. The second-order valence-corrected chi connectivity index (χ2v) is 3.18. The monoisotopic (exact) mass is 166 g/mol. The van der Waals surface area contributed by atoms with E-state index in [4.69, 9.17) is 0 Å². The van der Waals surface area contributed by atoms with E-state index in [1.54, 1.807) is 12.1 Å². The highest BCUT2D eigenvalue weighted by Gasteiger charge is 2.18. The van der Waals surface area contributed by atoms with Crippen LogP contribution < -0.4 is 5.32 Å². The van der Waals surface area contributed by atoms with Gasteiger partial charge in [-0.15, -0.1) is 0 Å². The quantitative estimate of drug-likeness (QED) is 0.662. The SMILES string of the molecule is Fc1ncccc1CC1CNC1. The molecule has 1 aromatic heterocycles. The van der Waals surface area contributed by atoms with Crippen LogP contribution in [0.25, 0.3) is 0 Å². The van der Waals surface area contributed by atoms with E-state index < -0.39 is 0 Å². The van der Waals surface area contributed by atoms with E-state index in [1.165, 1.54) is 6.20 Å². The molecule has 2 heterocycles. The minimum atomic E-state index is -0.315. The van der Waals surface area contributed by atoms with Gasteiger partial charge >= 0.3 is 0 Å². The minimum absolute atomic E-state index is 0.315. The van der Waals surface area contributed by atoms with Crippen LogP contribution in [0, 0.1) is 11.9 Å². The van der Waals surface area contributed by atoms with E-state index in [0.29, 0.717) is 5.92 Å². The second-order valence-electron chi connectivity index (χ2n) is 3.18. The summed E-state index contributed by atoms with van der Waals surface area (Å²) in [6, 6.07) is 3.59. The maximum atomic E-state index is 13.0. The van der Waals surface area contributed by atoms with Gasteiger partial charge in [0.15, 0.2) is 0 Å². The van der Waals surface area contributed by atoms with Crippen molar-refractivity contribution >= 4 is 0 Å². The molecule has 2 nitrogen and oxygen atoms in total. The molecule has 0 amide bonds. The topological polar surface area (TPSA) is 24.9 Å². The first-order valence-corrected chi connectivity index (χ1v) is 4.16. The summed E-state index contributed by atoms with van der Waals surface area (Å²) in [6.45, 7) is 2.02. The van der Waals surface area contributed by atoms with Crippen molar-refractivity contribution in [3.05, 3.63) is 29.8 Å². The van der Waals surface area contributed by atoms with Crippen LogP contribution in [0.1, 0.15) is 5.56 Å². The molecule has 2 rings (SSSR count). The lowest BCUT2D eigenvalue weighted by Crippen LogP contribution is -2.43. The van der Waals surface area contributed by atoms with Gasteiger partial charge in [0, 0.05) is 11.8 Å². The molecule has 64 valence electrons. The fraction of sp³-hybridized carbons (Fsp3) is 0.444. The Bertz CT molecular complexity index is 271. The number of rotatable bonds is 2. The van der Waals surface area contributed by atoms with Gasteiger partial charge in [-0.05, 0) is 31.5 Å². The fourth-order valence-electron chi connectivity index (χ4n) is 1.38. The van der Waals surface area contributed by atoms with Crippen molar-refractivity contribution in [1.82, 2.24) is 10.3 Å². The van der Waals surface area contributed by atoms with Crippen molar-refractivity contribution in [2.24, 2.45) is 5.92 Å². The molecule has 1 saturated heterocycles. The van der Waals surface area contributed by atoms with Gasteiger partial charge in [-0.25, -0.2) is 4.98 Å². The molecule has 1 aliphatic rings. The van der Waals surface area contributed by atoms with Crippen LogP contribution >= 0.6 is 0 Å². The maximum Gasteiger partial charge on any atom is 0.216 e. The molecule has 0 spiro atoms. The molecule has 0 aromatic carbocycles. The number of aromatic nitrogens is 1. The molecule has 1 aliphatic heterocycles. The molecule has 12 heavy (non-hydrogen) atoms. The first-order valence-electron chi connectivity index (χ1n) is 4.16. The molecule has 0 unspecified atom stereocenters. The third kappa shape index (κ3) is 1.46. The zero-order valence-corrected chi connectivity index (χ0v) is 6.76. The zero-order chi connectivity index (χ0) is 8.39. The summed E-state index contributed by atoms with van der Waals surface area (Å²) in [4.78, 5) is 3.60. The van der Waals surface area contributed by atoms with Gasteiger partial charge in [0.2, 0.25) is 5.95 Å². The number of hydrogen-bond acceptors (Lipinski definition) is 2. The first-order chi connectivity index (χ1) is 5.86. The summed E-state index contributed by atoms with van der Waals surface area (Å²) in [5.41, 5.74) is 0.740. The van der Waals surface area contributed by atoms with E-state index >= 15 is 0 Å². The Morgan fingerprint density at radius 3 is 3.00 bits per heavy atom. The van der Waals surface area contributed by atoms with Crippen LogP contribution in [0.2, 0.25) is 0 Å². The summed E-state index contributed by atoms with van der Waals surface area (Å²) < 4.78 is 13.0. The Labute approximate surface area is 70.8 Å². The number of hydrogen-bond donors (Lipinski definition) is 1. The molecule has 1 fully saturated rings. The minimum Gasteiger partial charge on any atom is -0.316 e. The summed E-state index contributed by atoms with van der Waals surface area (Å²) >= 11 is 0. The Morgan fingerprint density at radius 1 is 1.58 bits per heavy atom. The lowest BCUT2D eigenvalue weighted by atomic mass is 9.95. The average Bonchev–Trinajstić information content (AvgIpc) is 2.00. The lowest BCUT2D eigenvalue weighted by Gasteiger charge is -2.26. The van der Waals surface area contributed by atoms with Crippen LogP contribution in [0.15, 0.2) is 18.3 Å². The third-order valence-corrected chi connectivity index (χ3v) is 2.21. The fourth-order valence-corrected chi connectivity index (χ4v) is 1.38. The van der Waals surface area contributed by atoms with Crippen molar-refractivity contribution in [2.45, 2.75) is 6.42 Å². The molecule has 0 saturated carbocycles. The van der Waals surface area contributed by atoms with E-state index in [2.05, 4.69) is 10.3 Å². The number of pyridine rings is 1. The number of halogens is 1. The highest BCUT2D eigenvalue weighted by Crippen LogP contribution is 2.13. The zero-order valence-electron chi connectivity index (χ0n) is 6.76. The summed E-state index contributed by atoms with van der Waals surface area (Å²) in [6.07, 6.45) is 2.30. The normalized spacial score (nSPS) is 17.4. The van der Waals surface area contributed by atoms with Crippen LogP contribution in [-0.2, 0) is 6.42 Å². The third-order valence-electron chi connectivity index (χ3n) is 2.21. The van der Waals surface area contributed by atoms with Crippen LogP contribution in [0.4, 0.5) is 4.39 Å². The van der Waals surface area contributed by atoms with Gasteiger partial charge in [-0.2, -0.15) is 4.39 Å². The van der Waals surface area contributed by atoms with E-state index in [-0.39, 0.29) is 5.95 Å². The molecule has 0 bridgehead atoms. The van der Waals surface area contributed by atoms with E-state index in [0.717, 1.165) is 25.1 Å². The number of nitrogens with zero attached hydrogens (tertiary/aromatic N) is 1. The smallest absolute Gasteiger partial charge is 0.216 e. The molecule has 3 heteroatoms. The molecule has 1 N–H and O–H groups in total. The first kappa shape index (κ1) is 7.68. The molecular formula is C9H11FN2. The lowest BCUT2D eigenvalue weighted by molar-refractivity contribution is 0.341. The summed E-state index contributed by atoms with van der Waals surface area (Å²) in [7, 11) is 0.